The van der Waals surface area contributed by atoms with Crippen LogP contribution in [-0.4, -0.2) is 17.5 Å². The van der Waals surface area contributed by atoms with Crippen LogP contribution in [0.3, 0.4) is 0 Å². The topological polar surface area (TPSA) is 78.3 Å². The lowest BCUT2D eigenvalue weighted by molar-refractivity contribution is 0.0989. The van der Waals surface area contributed by atoms with Crippen molar-refractivity contribution in [3.8, 4) is 17.4 Å². The fraction of sp³-hybridized carbons (Fsp3) is 0.167. The molecule has 1 amide bonds. The van der Waals surface area contributed by atoms with Gasteiger partial charge in [0.2, 0.25) is 11.6 Å². The first-order valence-corrected chi connectivity index (χ1v) is 5.31. The number of ether oxygens (including phenoxy) is 1. The highest BCUT2D eigenvalue weighted by Crippen LogP contribution is 2.27. The van der Waals surface area contributed by atoms with Crippen LogP contribution in [0.4, 0.5) is 4.39 Å². The lowest BCUT2D eigenvalue weighted by Crippen LogP contribution is -2.13. The summed E-state index contributed by atoms with van der Waals surface area (Å²) in [5, 5.41) is 0. The van der Waals surface area contributed by atoms with E-state index in [2.05, 4.69) is 4.98 Å². The first kappa shape index (κ1) is 12.1. The number of hydrogen-bond donors (Lipinski definition) is 1. The number of halogens is 1. The molecular weight excluding hydrogens is 239 g/mol. The lowest BCUT2D eigenvalue weighted by Gasteiger charge is -1.97. The van der Waals surface area contributed by atoms with Crippen LogP contribution in [0.15, 0.2) is 28.7 Å². The van der Waals surface area contributed by atoms with Gasteiger partial charge in [0.1, 0.15) is 5.82 Å². The van der Waals surface area contributed by atoms with E-state index in [0.717, 1.165) is 0 Å². The highest BCUT2D eigenvalue weighted by atomic mass is 19.1. The molecule has 18 heavy (non-hydrogen) atoms. The number of amides is 1. The Labute approximate surface area is 102 Å². The Morgan fingerprint density at radius 3 is 2.67 bits per heavy atom. The minimum Gasteiger partial charge on any atom is -0.464 e. The fourth-order valence-corrected chi connectivity index (χ4v) is 1.41. The zero-order valence-corrected chi connectivity index (χ0v) is 9.64. The minimum absolute atomic E-state index is 0.0238. The largest absolute Gasteiger partial charge is 0.464 e. The average Bonchev–Trinajstić information content (AvgIpc) is 2.75. The number of aromatic nitrogens is 1. The van der Waals surface area contributed by atoms with Gasteiger partial charge in [-0.25, -0.2) is 4.39 Å². The number of carbonyl (C=O) groups is 1. The van der Waals surface area contributed by atoms with E-state index in [9.17, 15) is 9.18 Å². The van der Waals surface area contributed by atoms with Crippen molar-refractivity contribution in [2.75, 3.05) is 6.61 Å². The molecule has 1 aromatic carbocycles. The quantitative estimate of drug-likeness (QED) is 0.899. The number of hydrogen-bond acceptors (Lipinski definition) is 4. The molecule has 0 saturated heterocycles. The molecule has 1 aromatic heterocycles. The zero-order valence-electron chi connectivity index (χ0n) is 9.64. The molecule has 94 valence electrons. The summed E-state index contributed by atoms with van der Waals surface area (Å²) in [7, 11) is 0. The molecule has 2 aromatic rings. The molecule has 0 aliphatic carbocycles. The molecule has 2 N–H and O–H groups in total. The molecule has 6 heteroatoms. The average molecular weight is 250 g/mol. The summed E-state index contributed by atoms with van der Waals surface area (Å²) in [4.78, 5) is 15.1. The number of primary amides is 1. The summed E-state index contributed by atoms with van der Waals surface area (Å²) in [6, 6.07) is 5.51. The third kappa shape index (κ3) is 2.32. The summed E-state index contributed by atoms with van der Waals surface area (Å²) in [6.45, 7) is 2.06. The van der Waals surface area contributed by atoms with Gasteiger partial charge in [-0.15, -0.1) is 0 Å². The van der Waals surface area contributed by atoms with E-state index < -0.39 is 5.91 Å². The molecule has 0 radical (unpaired) electrons. The van der Waals surface area contributed by atoms with Crippen LogP contribution >= 0.6 is 0 Å². The lowest BCUT2D eigenvalue weighted by atomic mass is 10.2. The van der Waals surface area contributed by atoms with E-state index in [1.807, 2.05) is 0 Å². The molecule has 0 aliphatic rings. The van der Waals surface area contributed by atoms with Gasteiger partial charge in [0.05, 0.1) is 6.61 Å². The van der Waals surface area contributed by atoms with Crippen LogP contribution in [0.5, 0.6) is 5.95 Å². The van der Waals surface area contributed by atoms with E-state index in [-0.39, 0.29) is 23.3 Å². The molecule has 0 spiro atoms. The summed E-state index contributed by atoms with van der Waals surface area (Å²) in [6.07, 6.45) is 0. The molecular formula is C12H11FN2O3. The molecule has 0 fully saturated rings. The Hall–Kier alpha value is -2.37. The Morgan fingerprint density at radius 1 is 1.44 bits per heavy atom. The Bertz CT molecular complexity index is 563. The molecule has 0 atom stereocenters. The van der Waals surface area contributed by atoms with Crippen molar-refractivity contribution in [3.63, 3.8) is 0 Å². The summed E-state index contributed by atoms with van der Waals surface area (Å²) < 4.78 is 23.2. The van der Waals surface area contributed by atoms with Crippen LogP contribution in [0, 0.1) is 5.82 Å². The molecule has 0 bridgehead atoms. The second-order valence-electron chi connectivity index (χ2n) is 3.46. The van der Waals surface area contributed by atoms with Crippen LogP contribution in [-0.2, 0) is 0 Å². The van der Waals surface area contributed by atoms with Crippen LogP contribution in [0.25, 0.3) is 11.5 Å². The summed E-state index contributed by atoms with van der Waals surface area (Å²) in [5.74, 6) is -0.974. The minimum atomic E-state index is -0.740. The van der Waals surface area contributed by atoms with Gasteiger partial charge in [-0.05, 0) is 31.2 Å². The smallest absolute Gasteiger partial charge is 0.319 e. The first-order valence-electron chi connectivity index (χ1n) is 5.31. The summed E-state index contributed by atoms with van der Waals surface area (Å²) in [5.41, 5.74) is 5.62. The van der Waals surface area contributed by atoms with Crippen molar-refractivity contribution in [2.45, 2.75) is 6.92 Å². The fourth-order valence-electron chi connectivity index (χ4n) is 1.41. The maximum Gasteiger partial charge on any atom is 0.319 e. The normalized spacial score (nSPS) is 10.3. The first-order chi connectivity index (χ1) is 8.61. The van der Waals surface area contributed by atoms with Crippen LogP contribution < -0.4 is 10.5 Å². The number of oxazole rings is 1. The van der Waals surface area contributed by atoms with Crippen molar-refractivity contribution in [1.82, 2.24) is 4.98 Å². The molecule has 2 rings (SSSR count). The highest BCUT2D eigenvalue weighted by molar-refractivity contribution is 5.93. The van der Waals surface area contributed by atoms with E-state index >= 15 is 0 Å². The maximum absolute atomic E-state index is 12.8. The van der Waals surface area contributed by atoms with Crippen molar-refractivity contribution >= 4 is 5.91 Å². The predicted molar refractivity (Wildman–Crippen MR) is 61.6 cm³/mol. The van der Waals surface area contributed by atoms with Gasteiger partial charge in [-0.2, -0.15) is 4.98 Å². The van der Waals surface area contributed by atoms with Gasteiger partial charge in [-0.3, -0.25) is 4.79 Å². The van der Waals surface area contributed by atoms with E-state index in [0.29, 0.717) is 12.2 Å². The maximum atomic E-state index is 12.8. The van der Waals surface area contributed by atoms with Gasteiger partial charge in [-0.1, -0.05) is 0 Å². The number of nitrogens with two attached hydrogens (primary N) is 1. The predicted octanol–water partition coefficient (Wildman–Crippen LogP) is 1.98. The number of benzene rings is 1. The van der Waals surface area contributed by atoms with Crippen molar-refractivity contribution < 1.29 is 18.3 Å². The zero-order chi connectivity index (χ0) is 13.1. The van der Waals surface area contributed by atoms with E-state index in [1.165, 1.54) is 24.3 Å². The van der Waals surface area contributed by atoms with Gasteiger partial charge in [0.15, 0.2) is 0 Å². The molecule has 1 heterocycles. The van der Waals surface area contributed by atoms with Gasteiger partial charge in [0.25, 0.3) is 5.91 Å². The second-order valence-corrected chi connectivity index (χ2v) is 3.46. The molecule has 0 saturated carbocycles. The van der Waals surface area contributed by atoms with E-state index in [1.54, 1.807) is 6.92 Å². The molecule has 0 aliphatic heterocycles. The van der Waals surface area contributed by atoms with Crippen LogP contribution in [0.1, 0.15) is 17.4 Å². The SMILES string of the molecule is CCOc1oc(-c2ccc(F)cc2)nc1C(N)=O. The highest BCUT2D eigenvalue weighted by Gasteiger charge is 2.20. The Morgan fingerprint density at radius 2 is 2.11 bits per heavy atom. The van der Waals surface area contributed by atoms with Crippen LogP contribution in [0.2, 0.25) is 0 Å². The monoisotopic (exact) mass is 250 g/mol. The number of nitrogens with zero attached hydrogens (tertiary/aromatic N) is 1. The van der Waals surface area contributed by atoms with E-state index in [4.69, 9.17) is 14.9 Å². The standard InChI is InChI=1S/C12H11FN2O3/c1-2-17-12-9(10(14)16)15-11(18-12)7-3-5-8(13)6-4-7/h3-6H,2H2,1H3,(H2,14,16). The summed E-state index contributed by atoms with van der Waals surface area (Å²) >= 11 is 0. The van der Waals surface area contributed by atoms with Crippen molar-refractivity contribution in [2.24, 2.45) is 5.73 Å². The second kappa shape index (κ2) is 4.87. The van der Waals surface area contributed by atoms with Crippen molar-refractivity contribution in [1.29, 1.82) is 0 Å². The number of carbonyl (C=O) groups excluding carboxylic acids is 1. The molecule has 0 unspecified atom stereocenters. The Kier molecular flexibility index (Phi) is 3.27. The molecule has 5 nitrogen and oxygen atoms in total. The van der Waals surface area contributed by atoms with Gasteiger partial charge in [0, 0.05) is 5.56 Å². The van der Waals surface area contributed by atoms with Gasteiger partial charge < -0.3 is 14.9 Å². The Balaban J connectivity index is 2.42. The van der Waals surface area contributed by atoms with Gasteiger partial charge >= 0.3 is 5.95 Å². The van der Waals surface area contributed by atoms with Crippen molar-refractivity contribution in [3.05, 3.63) is 35.8 Å². The third-order valence-corrected chi connectivity index (χ3v) is 2.20. The third-order valence-electron chi connectivity index (χ3n) is 2.20. The number of rotatable bonds is 4.